The van der Waals surface area contributed by atoms with Gasteiger partial charge in [0.1, 0.15) is 0 Å². The summed E-state index contributed by atoms with van der Waals surface area (Å²) in [5, 5.41) is 3.45. The fourth-order valence-corrected chi connectivity index (χ4v) is 3.04. The van der Waals surface area contributed by atoms with Crippen LogP contribution in [0.3, 0.4) is 0 Å². The Labute approximate surface area is 121 Å². The van der Waals surface area contributed by atoms with Crippen LogP contribution in [0.2, 0.25) is 0 Å². The van der Waals surface area contributed by atoms with Gasteiger partial charge >= 0.3 is 0 Å². The number of rotatable bonds is 6. The zero-order chi connectivity index (χ0) is 12.6. The number of halogens is 1. The molecular weight excluding hydrogens is 306 g/mol. The van der Waals surface area contributed by atoms with E-state index in [0.29, 0.717) is 0 Å². The zero-order valence-electron chi connectivity index (χ0n) is 10.1. The summed E-state index contributed by atoms with van der Waals surface area (Å²) >= 11 is 5.36. The van der Waals surface area contributed by atoms with Crippen LogP contribution in [0, 0.1) is 0 Å². The van der Waals surface area contributed by atoms with Crippen LogP contribution in [-0.4, -0.2) is 12.3 Å². The molecule has 0 atom stereocenters. The first-order chi connectivity index (χ1) is 8.84. The van der Waals surface area contributed by atoms with Gasteiger partial charge < -0.3 is 5.32 Å². The third-order valence-corrected chi connectivity index (χ3v) is 4.00. The summed E-state index contributed by atoms with van der Waals surface area (Å²) in [6.07, 6.45) is 0. The molecule has 0 aliphatic rings. The largest absolute Gasteiger partial charge is 0.312 e. The summed E-state index contributed by atoms with van der Waals surface area (Å²) in [6.45, 7) is 1.96. The number of benzene rings is 2. The second-order valence-corrected chi connectivity index (χ2v) is 6.05. The average Bonchev–Trinajstić information content (AvgIpc) is 2.40. The molecule has 0 radical (unpaired) electrons. The molecule has 0 bridgehead atoms. The third kappa shape index (κ3) is 4.84. The molecule has 0 aromatic heterocycles. The normalized spacial score (nSPS) is 10.5. The molecule has 1 N–H and O–H groups in total. The molecule has 18 heavy (non-hydrogen) atoms. The summed E-state index contributed by atoms with van der Waals surface area (Å²) in [5.74, 6) is 1.09. The lowest BCUT2D eigenvalue weighted by molar-refractivity contribution is 0.732. The maximum Gasteiger partial charge on any atom is 0.0205 e. The van der Waals surface area contributed by atoms with Gasteiger partial charge in [0.25, 0.3) is 0 Å². The predicted octanol–water partition coefficient (Wildman–Crippen LogP) is 4.33. The summed E-state index contributed by atoms with van der Waals surface area (Å²) in [7, 11) is 0. The van der Waals surface area contributed by atoms with Crippen molar-refractivity contribution in [3.8, 4) is 0 Å². The van der Waals surface area contributed by atoms with Crippen molar-refractivity contribution in [3.63, 3.8) is 0 Å². The Bertz CT molecular complexity index is 473. The van der Waals surface area contributed by atoms with Gasteiger partial charge in [0.15, 0.2) is 0 Å². The van der Waals surface area contributed by atoms with E-state index in [1.54, 1.807) is 0 Å². The molecule has 0 amide bonds. The molecule has 94 valence electrons. The molecule has 2 aromatic carbocycles. The molecule has 2 rings (SSSR count). The standard InChI is InChI=1S/C15H16BrNS/c16-14-7-4-8-15(11-14)18-10-9-17-12-13-5-2-1-3-6-13/h1-8,11,17H,9-10,12H2. The lowest BCUT2D eigenvalue weighted by Gasteiger charge is -2.05. The third-order valence-electron chi connectivity index (χ3n) is 2.52. The Morgan fingerprint density at radius 3 is 2.61 bits per heavy atom. The lowest BCUT2D eigenvalue weighted by atomic mass is 10.2. The minimum atomic E-state index is 0.944. The second-order valence-electron chi connectivity index (χ2n) is 3.97. The van der Waals surface area contributed by atoms with Crippen LogP contribution in [0.4, 0.5) is 0 Å². The van der Waals surface area contributed by atoms with Gasteiger partial charge in [-0.15, -0.1) is 11.8 Å². The summed E-state index contributed by atoms with van der Waals surface area (Å²) in [6, 6.07) is 18.9. The van der Waals surface area contributed by atoms with Gasteiger partial charge in [0.05, 0.1) is 0 Å². The predicted molar refractivity (Wildman–Crippen MR) is 83.0 cm³/mol. The highest BCUT2D eigenvalue weighted by atomic mass is 79.9. The van der Waals surface area contributed by atoms with Crippen LogP contribution >= 0.6 is 27.7 Å². The van der Waals surface area contributed by atoms with Crippen LogP contribution in [-0.2, 0) is 6.54 Å². The van der Waals surface area contributed by atoms with Crippen LogP contribution in [0.1, 0.15) is 5.56 Å². The van der Waals surface area contributed by atoms with E-state index < -0.39 is 0 Å². The van der Waals surface area contributed by atoms with Crippen LogP contribution in [0.15, 0.2) is 64.0 Å². The smallest absolute Gasteiger partial charge is 0.0205 e. The van der Waals surface area contributed by atoms with Crippen LogP contribution < -0.4 is 5.32 Å². The monoisotopic (exact) mass is 321 g/mol. The molecule has 0 saturated heterocycles. The molecule has 0 saturated carbocycles. The summed E-state index contributed by atoms with van der Waals surface area (Å²) < 4.78 is 1.14. The lowest BCUT2D eigenvalue weighted by Crippen LogP contribution is -2.16. The van der Waals surface area contributed by atoms with Gasteiger partial charge in [-0.3, -0.25) is 0 Å². The molecule has 1 nitrogen and oxygen atoms in total. The van der Waals surface area contributed by atoms with E-state index in [4.69, 9.17) is 0 Å². The van der Waals surface area contributed by atoms with Crippen molar-refractivity contribution < 1.29 is 0 Å². The summed E-state index contributed by atoms with van der Waals surface area (Å²) in [5.41, 5.74) is 1.34. The Morgan fingerprint density at radius 1 is 1.00 bits per heavy atom. The van der Waals surface area contributed by atoms with Crippen molar-refractivity contribution in [1.29, 1.82) is 0 Å². The highest BCUT2D eigenvalue weighted by Crippen LogP contribution is 2.21. The van der Waals surface area contributed by atoms with Crippen molar-refractivity contribution in [2.24, 2.45) is 0 Å². The summed E-state index contributed by atoms with van der Waals surface area (Å²) in [4.78, 5) is 1.31. The Morgan fingerprint density at radius 2 is 1.83 bits per heavy atom. The molecule has 3 heteroatoms. The highest BCUT2D eigenvalue weighted by molar-refractivity contribution is 9.10. The molecule has 0 heterocycles. The topological polar surface area (TPSA) is 12.0 Å². The van der Waals surface area contributed by atoms with Gasteiger partial charge in [-0.1, -0.05) is 52.3 Å². The average molecular weight is 322 g/mol. The first kappa shape index (κ1) is 13.7. The van der Waals surface area contributed by atoms with E-state index in [1.807, 2.05) is 17.8 Å². The van der Waals surface area contributed by atoms with Gasteiger partial charge in [-0.05, 0) is 23.8 Å². The maximum absolute atomic E-state index is 3.49. The van der Waals surface area contributed by atoms with Crippen molar-refractivity contribution in [2.75, 3.05) is 12.3 Å². The molecule has 0 aliphatic heterocycles. The van der Waals surface area contributed by atoms with E-state index >= 15 is 0 Å². The number of nitrogens with one attached hydrogen (secondary N) is 1. The van der Waals surface area contributed by atoms with Gasteiger partial charge in [0.2, 0.25) is 0 Å². The minimum absolute atomic E-state index is 0.944. The van der Waals surface area contributed by atoms with Crippen molar-refractivity contribution in [3.05, 3.63) is 64.6 Å². The fourth-order valence-electron chi connectivity index (χ4n) is 1.63. The maximum atomic E-state index is 3.49. The molecule has 2 aromatic rings. The van der Waals surface area contributed by atoms with Gasteiger partial charge in [-0.25, -0.2) is 0 Å². The number of thioether (sulfide) groups is 1. The Kier molecular flexibility index (Phi) is 5.78. The van der Waals surface area contributed by atoms with Crippen molar-refractivity contribution >= 4 is 27.7 Å². The first-order valence-electron chi connectivity index (χ1n) is 5.97. The molecule has 0 fully saturated rings. The molecule has 0 spiro atoms. The number of hydrogen-bond donors (Lipinski definition) is 1. The molecular formula is C15H16BrNS. The van der Waals surface area contributed by atoms with E-state index in [1.165, 1.54) is 10.5 Å². The van der Waals surface area contributed by atoms with Crippen molar-refractivity contribution in [1.82, 2.24) is 5.32 Å². The highest BCUT2D eigenvalue weighted by Gasteiger charge is 1.95. The SMILES string of the molecule is Brc1cccc(SCCNCc2ccccc2)c1. The first-order valence-corrected chi connectivity index (χ1v) is 7.75. The minimum Gasteiger partial charge on any atom is -0.312 e. The zero-order valence-corrected chi connectivity index (χ0v) is 12.5. The van der Waals surface area contributed by atoms with Crippen LogP contribution in [0.25, 0.3) is 0 Å². The van der Waals surface area contributed by atoms with Crippen LogP contribution in [0.5, 0.6) is 0 Å². The van der Waals surface area contributed by atoms with Gasteiger partial charge in [-0.2, -0.15) is 0 Å². The van der Waals surface area contributed by atoms with E-state index in [2.05, 4.69) is 69.8 Å². The quantitative estimate of drug-likeness (QED) is 0.627. The Hall–Kier alpha value is -0.770. The van der Waals surface area contributed by atoms with E-state index in [-0.39, 0.29) is 0 Å². The fraction of sp³-hybridized carbons (Fsp3) is 0.200. The second kappa shape index (κ2) is 7.62. The van der Waals surface area contributed by atoms with Crippen molar-refractivity contribution in [2.45, 2.75) is 11.4 Å². The Balaban J connectivity index is 1.65. The van der Waals surface area contributed by atoms with E-state index in [0.717, 1.165) is 23.3 Å². The molecule has 0 aliphatic carbocycles. The molecule has 0 unspecified atom stereocenters. The number of hydrogen-bond acceptors (Lipinski definition) is 2. The van der Waals surface area contributed by atoms with E-state index in [9.17, 15) is 0 Å². The van der Waals surface area contributed by atoms with Gasteiger partial charge in [0, 0.05) is 28.2 Å².